The third-order valence-electron chi connectivity index (χ3n) is 3.42. The summed E-state index contributed by atoms with van der Waals surface area (Å²) in [5.41, 5.74) is 1.89. The number of benzene rings is 2. The van der Waals surface area contributed by atoms with Crippen molar-refractivity contribution in [3.8, 4) is 0 Å². The lowest BCUT2D eigenvalue weighted by atomic mass is 10.2. The molecule has 0 unspecified atom stereocenters. The van der Waals surface area contributed by atoms with Crippen LogP contribution in [0.4, 0.5) is 10.5 Å². The van der Waals surface area contributed by atoms with E-state index in [0.29, 0.717) is 6.61 Å². The van der Waals surface area contributed by atoms with E-state index in [2.05, 4.69) is 15.9 Å². The van der Waals surface area contributed by atoms with Crippen LogP contribution in [0.5, 0.6) is 0 Å². The second kappa shape index (κ2) is 6.31. The predicted molar refractivity (Wildman–Crippen MR) is 86.3 cm³/mol. The first-order chi connectivity index (χ1) is 10.2. The van der Waals surface area contributed by atoms with Crippen molar-refractivity contribution < 1.29 is 9.53 Å². The van der Waals surface area contributed by atoms with Gasteiger partial charge in [-0.25, -0.2) is 4.79 Å². The molecule has 0 radical (unpaired) electrons. The second-order valence-corrected chi connectivity index (χ2v) is 6.03. The van der Waals surface area contributed by atoms with Gasteiger partial charge in [0.05, 0.1) is 0 Å². The smallest absolute Gasteiger partial charge is 0.414 e. The van der Waals surface area contributed by atoms with E-state index < -0.39 is 0 Å². The number of halogens is 1. The molecule has 0 saturated heterocycles. The molecule has 1 amide bonds. The zero-order valence-corrected chi connectivity index (χ0v) is 13.1. The van der Waals surface area contributed by atoms with Crippen molar-refractivity contribution in [3.63, 3.8) is 0 Å². The quantitative estimate of drug-likeness (QED) is 0.799. The summed E-state index contributed by atoms with van der Waals surface area (Å²) in [5, 5.41) is 0. The molecule has 0 heterocycles. The van der Waals surface area contributed by atoms with Crippen LogP contribution in [0, 0.1) is 0 Å². The number of hydrogen-bond acceptors (Lipinski definition) is 2. The lowest BCUT2D eigenvalue weighted by Crippen LogP contribution is -2.33. The number of ether oxygens (including phenoxy) is 1. The first-order valence-electron chi connectivity index (χ1n) is 6.99. The highest BCUT2D eigenvalue weighted by atomic mass is 79.9. The molecule has 0 spiro atoms. The third-order valence-corrected chi connectivity index (χ3v) is 3.95. The van der Waals surface area contributed by atoms with Crippen LogP contribution in [0.2, 0.25) is 0 Å². The molecular weight excluding hydrogens is 330 g/mol. The Balaban J connectivity index is 1.69. The Labute approximate surface area is 132 Å². The number of anilines is 1. The van der Waals surface area contributed by atoms with Crippen molar-refractivity contribution >= 4 is 27.7 Å². The first kappa shape index (κ1) is 14.1. The summed E-state index contributed by atoms with van der Waals surface area (Å²) in [4.78, 5) is 14.1. The zero-order valence-electron chi connectivity index (χ0n) is 11.5. The van der Waals surface area contributed by atoms with Gasteiger partial charge in [-0.15, -0.1) is 0 Å². The number of hydrogen-bond donors (Lipinski definition) is 0. The summed E-state index contributed by atoms with van der Waals surface area (Å²) in [6.07, 6.45) is 1.80. The molecule has 0 bridgehead atoms. The molecule has 3 rings (SSSR count). The van der Waals surface area contributed by atoms with E-state index in [4.69, 9.17) is 4.74 Å². The van der Waals surface area contributed by atoms with Crippen LogP contribution in [0.1, 0.15) is 18.4 Å². The fourth-order valence-corrected chi connectivity index (χ4v) is 2.45. The number of rotatable bonds is 4. The topological polar surface area (TPSA) is 29.5 Å². The Morgan fingerprint density at radius 1 is 1.10 bits per heavy atom. The standard InChI is InChI=1S/C17H16BrNO2/c18-14-6-8-15(9-7-14)19(16-10-11-16)17(20)21-12-13-4-2-1-3-5-13/h1-9,16H,10-12H2. The van der Waals surface area contributed by atoms with Gasteiger partial charge in [0.25, 0.3) is 0 Å². The van der Waals surface area contributed by atoms with E-state index in [9.17, 15) is 4.79 Å². The monoisotopic (exact) mass is 345 g/mol. The average Bonchev–Trinajstić information content (AvgIpc) is 3.33. The summed E-state index contributed by atoms with van der Waals surface area (Å²) >= 11 is 3.41. The molecule has 21 heavy (non-hydrogen) atoms. The van der Waals surface area contributed by atoms with E-state index >= 15 is 0 Å². The highest BCUT2D eigenvalue weighted by Crippen LogP contribution is 2.33. The van der Waals surface area contributed by atoms with Crippen molar-refractivity contribution in [2.45, 2.75) is 25.5 Å². The zero-order chi connectivity index (χ0) is 14.7. The minimum atomic E-state index is -0.274. The Hall–Kier alpha value is -1.81. The maximum absolute atomic E-state index is 12.4. The van der Waals surface area contributed by atoms with Crippen LogP contribution in [-0.4, -0.2) is 12.1 Å². The van der Waals surface area contributed by atoms with Crippen LogP contribution in [0.25, 0.3) is 0 Å². The van der Waals surface area contributed by atoms with Crippen molar-refractivity contribution in [2.75, 3.05) is 4.90 Å². The maximum Gasteiger partial charge on any atom is 0.414 e. The van der Waals surface area contributed by atoms with Crippen LogP contribution in [0.15, 0.2) is 59.1 Å². The summed E-state index contributed by atoms with van der Waals surface area (Å²) in [7, 11) is 0. The predicted octanol–water partition coefficient (Wildman–Crippen LogP) is 4.75. The highest BCUT2D eigenvalue weighted by Gasteiger charge is 2.34. The van der Waals surface area contributed by atoms with Crippen LogP contribution in [0.3, 0.4) is 0 Å². The van der Waals surface area contributed by atoms with E-state index in [1.165, 1.54) is 0 Å². The number of nitrogens with zero attached hydrogens (tertiary/aromatic N) is 1. The minimum Gasteiger partial charge on any atom is -0.444 e. The fraction of sp³-hybridized carbons (Fsp3) is 0.235. The highest BCUT2D eigenvalue weighted by molar-refractivity contribution is 9.10. The maximum atomic E-state index is 12.4. The van der Waals surface area contributed by atoms with Gasteiger partial charge in [0.15, 0.2) is 0 Å². The van der Waals surface area contributed by atoms with E-state index in [-0.39, 0.29) is 12.1 Å². The molecule has 1 saturated carbocycles. The molecular formula is C17H16BrNO2. The van der Waals surface area contributed by atoms with Crippen molar-refractivity contribution in [1.29, 1.82) is 0 Å². The third kappa shape index (κ3) is 3.64. The second-order valence-electron chi connectivity index (χ2n) is 5.12. The van der Waals surface area contributed by atoms with Gasteiger partial charge in [0.2, 0.25) is 0 Å². The summed E-state index contributed by atoms with van der Waals surface area (Å²) in [6.45, 7) is 0.305. The Morgan fingerprint density at radius 3 is 2.38 bits per heavy atom. The Morgan fingerprint density at radius 2 is 1.76 bits per heavy atom. The van der Waals surface area contributed by atoms with Crippen molar-refractivity contribution in [3.05, 3.63) is 64.6 Å². The van der Waals surface area contributed by atoms with Crippen molar-refractivity contribution in [1.82, 2.24) is 0 Å². The Kier molecular flexibility index (Phi) is 4.25. The molecule has 2 aromatic rings. The minimum absolute atomic E-state index is 0.273. The molecule has 1 fully saturated rings. The van der Waals surface area contributed by atoms with Gasteiger partial charge in [-0.3, -0.25) is 4.90 Å². The molecule has 108 valence electrons. The largest absolute Gasteiger partial charge is 0.444 e. The molecule has 1 aliphatic rings. The summed E-state index contributed by atoms with van der Waals surface area (Å²) < 4.78 is 6.45. The Bertz CT molecular complexity index is 608. The number of carbonyl (C=O) groups excluding carboxylic acids is 1. The summed E-state index contributed by atoms with van der Waals surface area (Å²) in [6, 6.07) is 17.8. The fourth-order valence-electron chi connectivity index (χ4n) is 2.19. The first-order valence-corrected chi connectivity index (χ1v) is 7.79. The van der Waals surface area contributed by atoms with E-state index in [1.54, 1.807) is 4.90 Å². The van der Waals surface area contributed by atoms with Crippen LogP contribution in [-0.2, 0) is 11.3 Å². The number of amides is 1. The van der Waals surface area contributed by atoms with E-state index in [0.717, 1.165) is 28.6 Å². The molecule has 0 aromatic heterocycles. The van der Waals surface area contributed by atoms with Crippen LogP contribution < -0.4 is 4.90 Å². The molecule has 3 nitrogen and oxygen atoms in total. The summed E-state index contributed by atoms with van der Waals surface area (Å²) in [5.74, 6) is 0. The molecule has 0 N–H and O–H groups in total. The van der Waals surface area contributed by atoms with Gasteiger partial charge in [0, 0.05) is 16.2 Å². The molecule has 1 aliphatic carbocycles. The SMILES string of the molecule is O=C(OCc1ccccc1)N(c1ccc(Br)cc1)C1CC1. The van der Waals surface area contributed by atoms with E-state index in [1.807, 2.05) is 54.6 Å². The van der Waals surface area contributed by atoms with Gasteiger partial charge < -0.3 is 4.74 Å². The lowest BCUT2D eigenvalue weighted by Gasteiger charge is -2.22. The molecule has 2 aromatic carbocycles. The number of carbonyl (C=O) groups is 1. The van der Waals surface area contributed by atoms with Gasteiger partial charge >= 0.3 is 6.09 Å². The lowest BCUT2D eigenvalue weighted by molar-refractivity contribution is 0.146. The normalized spacial score (nSPS) is 13.8. The molecule has 0 atom stereocenters. The van der Waals surface area contributed by atoms with Gasteiger partial charge in [-0.1, -0.05) is 46.3 Å². The van der Waals surface area contributed by atoms with Crippen molar-refractivity contribution in [2.24, 2.45) is 0 Å². The van der Waals surface area contributed by atoms with Crippen LogP contribution >= 0.6 is 15.9 Å². The van der Waals surface area contributed by atoms with Gasteiger partial charge in [-0.2, -0.15) is 0 Å². The van der Waals surface area contributed by atoms with Gasteiger partial charge in [-0.05, 0) is 42.7 Å². The molecule has 0 aliphatic heterocycles. The molecule has 4 heteroatoms. The van der Waals surface area contributed by atoms with Gasteiger partial charge in [0.1, 0.15) is 6.61 Å². The average molecular weight is 346 g/mol.